The van der Waals surface area contributed by atoms with Crippen LogP contribution in [0.2, 0.25) is 0 Å². The molecule has 7 nitrogen and oxygen atoms in total. The third kappa shape index (κ3) is 6.63. The summed E-state index contributed by atoms with van der Waals surface area (Å²) >= 11 is 0. The molecule has 10 heteroatoms. The van der Waals surface area contributed by atoms with Crippen LogP contribution < -0.4 is 10.2 Å². The van der Waals surface area contributed by atoms with Gasteiger partial charge in [0.1, 0.15) is 0 Å². The highest BCUT2D eigenvalue weighted by Crippen LogP contribution is 2.30. The molecule has 1 aliphatic heterocycles. The Bertz CT molecular complexity index is 1470. The molecule has 1 amide bonds. The van der Waals surface area contributed by atoms with Crippen molar-refractivity contribution in [1.29, 1.82) is 0 Å². The van der Waals surface area contributed by atoms with Gasteiger partial charge in [0, 0.05) is 41.7 Å². The van der Waals surface area contributed by atoms with Crippen molar-refractivity contribution in [2.75, 3.05) is 36.5 Å². The number of nitrogens with one attached hydrogen (secondary N) is 1. The number of nitrogens with zero attached hydrogens (tertiary/aromatic N) is 2. The van der Waals surface area contributed by atoms with E-state index < -0.39 is 12.1 Å². The van der Waals surface area contributed by atoms with Crippen LogP contribution >= 0.6 is 0 Å². The predicted molar refractivity (Wildman–Crippen MR) is 148 cm³/mol. The molecule has 1 fully saturated rings. The van der Waals surface area contributed by atoms with Crippen LogP contribution in [0, 0.1) is 0 Å². The first-order chi connectivity index (χ1) is 19.1. The van der Waals surface area contributed by atoms with E-state index in [1.54, 1.807) is 0 Å². The van der Waals surface area contributed by atoms with Gasteiger partial charge in [-0.2, -0.15) is 13.2 Å². The van der Waals surface area contributed by atoms with Crippen LogP contribution in [0.25, 0.3) is 16.6 Å². The summed E-state index contributed by atoms with van der Waals surface area (Å²) in [6.07, 6.45) is -3.12. The zero-order valence-corrected chi connectivity index (χ0v) is 22.1. The Kier molecular flexibility index (Phi) is 8.79. The largest absolute Gasteiger partial charge is 0.490 e. The minimum absolute atomic E-state index is 0.105. The first-order valence-electron chi connectivity index (χ1n) is 12.8. The molecule has 0 bridgehead atoms. The van der Waals surface area contributed by atoms with Gasteiger partial charge in [0.05, 0.1) is 24.3 Å². The molecule has 1 saturated heterocycles. The highest BCUT2D eigenvalue weighted by molar-refractivity contribution is 6.13. The number of halogens is 3. The maximum absolute atomic E-state index is 13.3. The van der Waals surface area contributed by atoms with Gasteiger partial charge in [-0.25, -0.2) is 4.79 Å². The van der Waals surface area contributed by atoms with Crippen molar-refractivity contribution in [3.05, 3.63) is 90.1 Å². The molecule has 0 aliphatic carbocycles. The normalized spacial score (nSPS) is 13.6. The van der Waals surface area contributed by atoms with E-state index in [-0.39, 0.29) is 5.91 Å². The molecule has 2 N–H and O–H groups in total. The van der Waals surface area contributed by atoms with E-state index in [9.17, 15) is 18.0 Å². The highest BCUT2D eigenvalue weighted by Gasteiger charge is 2.38. The molecule has 0 atom stereocenters. The monoisotopic (exact) mass is 553 g/mol. The number of aliphatic carboxylic acids is 1. The molecule has 2 heterocycles. The molecular weight excluding hydrogens is 523 g/mol. The van der Waals surface area contributed by atoms with Crippen LogP contribution in [-0.2, 0) is 9.53 Å². The van der Waals surface area contributed by atoms with E-state index in [4.69, 9.17) is 14.6 Å². The average Bonchev–Trinajstić information content (AvgIpc) is 3.33. The van der Waals surface area contributed by atoms with Gasteiger partial charge in [-0.15, -0.1) is 0 Å². The molecule has 4 aromatic rings. The standard InChI is InChI=1S/C28H29N3O2.C2HF3O2/c1-20(2)23-7-3-5-9-26(23)31-19-25(24-8-4-6-10-27(24)31)28(32)29-21-11-13-22(14-12-21)30-15-17-33-18-16-30;3-2(4,5)1(6)7/h3-14,19-20H,15-18H2,1-2H3,(H,29,32);(H,6,7). The summed E-state index contributed by atoms with van der Waals surface area (Å²) in [4.78, 5) is 24.5. The topological polar surface area (TPSA) is 83.8 Å². The van der Waals surface area contributed by atoms with Gasteiger partial charge in [-0.05, 0) is 47.9 Å². The van der Waals surface area contributed by atoms with Crippen molar-refractivity contribution in [3.8, 4) is 5.69 Å². The van der Waals surface area contributed by atoms with Crippen molar-refractivity contribution >= 4 is 34.2 Å². The van der Waals surface area contributed by atoms with Crippen molar-refractivity contribution in [1.82, 2.24) is 4.57 Å². The van der Waals surface area contributed by atoms with E-state index in [1.165, 1.54) is 5.56 Å². The lowest BCUT2D eigenvalue weighted by molar-refractivity contribution is -0.192. The van der Waals surface area contributed by atoms with Gasteiger partial charge in [-0.1, -0.05) is 50.2 Å². The summed E-state index contributed by atoms with van der Waals surface area (Å²) in [7, 11) is 0. The highest BCUT2D eigenvalue weighted by atomic mass is 19.4. The fraction of sp³-hybridized carbons (Fsp3) is 0.267. The van der Waals surface area contributed by atoms with Crippen LogP contribution in [-0.4, -0.2) is 54.0 Å². The SMILES string of the molecule is CC(C)c1ccccc1-n1cc(C(=O)Nc2ccc(N3CCOCC3)cc2)c2ccccc21.O=C(O)C(F)(F)F. The summed E-state index contributed by atoms with van der Waals surface area (Å²) in [5, 5.41) is 11.2. The molecule has 0 spiro atoms. The van der Waals surface area contributed by atoms with Crippen LogP contribution in [0.5, 0.6) is 0 Å². The maximum Gasteiger partial charge on any atom is 0.490 e. The Morgan fingerprint density at radius 3 is 2.15 bits per heavy atom. The molecule has 5 rings (SSSR count). The van der Waals surface area contributed by atoms with E-state index in [2.05, 4.69) is 65.0 Å². The number of alkyl halides is 3. The fourth-order valence-electron chi connectivity index (χ4n) is 4.53. The minimum atomic E-state index is -5.08. The van der Waals surface area contributed by atoms with Crippen molar-refractivity contribution in [2.45, 2.75) is 25.9 Å². The second kappa shape index (κ2) is 12.3. The molecule has 0 unspecified atom stereocenters. The van der Waals surface area contributed by atoms with Crippen LogP contribution in [0.3, 0.4) is 0 Å². The third-order valence-electron chi connectivity index (χ3n) is 6.52. The molecule has 1 aliphatic rings. The Hall–Kier alpha value is -4.31. The molecule has 3 aromatic carbocycles. The molecule has 210 valence electrons. The van der Waals surface area contributed by atoms with Gasteiger partial charge in [-0.3, -0.25) is 4.79 Å². The van der Waals surface area contributed by atoms with Gasteiger partial charge in [0.2, 0.25) is 0 Å². The number of carboxylic acids is 1. The van der Waals surface area contributed by atoms with E-state index >= 15 is 0 Å². The zero-order valence-electron chi connectivity index (χ0n) is 22.1. The number of morpholine rings is 1. The first kappa shape index (κ1) is 28.7. The first-order valence-corrected chi connectivity index (χ1v) is 12.8. The number of hydrogen-bond donors (Lipinski definition) is 2. The Morgan fingerprint density at radius 2 is 1.52 bits per heavy atom. The quantitative estimate of drug-likeness (QED) is 0.296. The van der Waals surface area contributed by atoms with Crippen LogP contribution in [0.4, 0.5) is 24.5 Å². The lowest BCUT2D eigenvalue weighted by atomic mass is 10.0. The second-order valence-electron chi connectivity index (χ2n) is 9.55. The number of aromatic nitrogens is 1. The van der Waals surface area contributed by atoms with Gasteiger partial charge in [0.25, 0.3) is 5.91 Å². The summed E-state index contributed by atoms with van der Waals surface area (Å²) < 4.78 is 39.3. The number of anilines is 2. The van der Waals surface area contributed by atoms with Gasteiger partial charge >= 0.3 is 12.1 Å². The number of carbonyl (C=O) groups is 2. The van der Waals surface area contributed by atoms with E-state index in [1.807, 2.05) is 42.6 Å². The number of rotatable bonds is 5. The lowest BCUT2D eigenvalue weighted by Gasteiger charge is -2.28. The third-order valence-corrected chi connectivity index (χ3v) is 6.52. The number of ether oxygens (including phenoxy) is 1. The molecular formula is C30H30F3N3O4. The Labute approximate surface area is 229 Å². The number of carboxylic acid groups (broad SMARTS) is 1. The lowest BCUT2D eigenvalue weighted by Crippen LogP contribution is -2.36. The summed E-state index contributed by atoms with van der Waals surface area (Å²) in [6, 6.07) is 24.5. The number of hydrogen-bond acceptors (Lipinski definition) is 4. The number of para-hydroxylation sites is 2. The summed E-state index contributed by atoms with van der Waals surface area (Å²) in [5.41, 5.74) is 6.00. The maximum atomic E-state index is 13.3. The van der Waals surface area contributed by atoms with Crippen molar-refractivity contribution < 1.29 is 32.6 Å². The molecule has 0 saturated carbocycles. The number of amides is 1. The molecule has 0 radical (unpaired) electrons. The van der Waals surface area contributed by atoms with Gasteiger partial charge in [0.15, 0.2) is 0 Å². The predicted octanol–water partition coefficient (Wildman–Crippen LogP) is 6.48. The Balaban J connectivity index is 0.000000470. The van der Waals surface area contributed by atoms with Crippen LogP contribution in [0.1, 0.15) is 35.7 Å². The van der Waals surface area contributed by atoms with Crippen LogP contribution in [0.15, 0.2) is 79.0 Å². The van der Waals surface area contributed by atoms with E-state index in [0.29, 0.717) is 11.5 Å². The molecule has 40 heavy (non-hydrogen) atoms. The van der Waals surface area contributed by atoms with Crippen molar-refractivity contribution in [2.24, 2.45) is 0 Å². The summed E-state index contributed by atoms with van der Waals surface area (Å²) in [5.74, 6) is -2.48. The Morgan fingerprint density at radius 1 is 0.925 bits per heavy atom. The number of fused-ring (bicyclic) bond motifs is 1. The van der Waals surface area contributed by atoms with E-state index in [0.717, 1.165) is 54.3 Å². The molecule has 1 aromatic heterocycles. The van der Waals surface area contributed by atoms with Gasteiger partial charge < -0.3 is 24.6 Å². The fourth-order valence-corrected chi connectivity index (χ4v) is 4.53. The average molecular weight is 554 g/mol. The smallest absolute Gasteiger partial charge is 0.475 e. The second-order valence-corrected chi connectivity index (χ2v) is 9.55. The van der Waals surface area contributed by atoms with Crippen molar-refractivity contribution in [3.63, 3.8) is 0 Å². The number of carbonyl (C=O) groups excluding carboxylic acids is 1. The minimum Gasteiger partial charge on any atom is -0.475 e. The zero-order chi connectivity index (χ0) is 28.9. The number of benzene rings is 3. The summed E-state index contributed by atoms with van der Waals surface area (Å²) in [6.45, 7) is 7.68.